The monoisotopic (exact) mass is 368 g/mol. The summed E-state index contributed by atoms with van der Waals surface area (Å²) < 4.78 is 27.5. The Bertz CT molecular complexity index is 786. The van der Waals surface area contributed by atoms with Gasteiger partial charge in [0.15, 0.2) is 5.78 Å². The third kappa shape index (κ3) is 3.62. The fourth-order valence-corrected chi connectivity index (χ4v) is 3.77. The molecule has 3 N–H and O–H groups in total. The molecule has 0 unspecified atom stereocenters. The summed E-state index contributed by atoms with van der Waals surface area (Å²) in [5.74, 6) is -0.0806. The molecule has 0 amide bonds. The highest BCUT2D eigenvalue weighted by atomic mass is 79.9. The zero-order valence-corrected chi connectivity index (χ0v) is 13.5. The van der Waals surface area contributed by atoms with E-state index in [0.717, 1.165) is 0 Å². The van der Waals surface area contributed by atoms with Gasteiger partial charge in [-0.3, -0.25) is 9.52 Å². The summed E-state index contributed by atoms with van der Waals surface area (Å²) in [6.45, 7) is 1.45. The molecule has 2 rings (SSSR count). The molecular weight excluding hydrogens is 356 g/mol. The van der Waals surface area contributed by atoms with Gasteiger partial charge in [-0.2, -0.15) is 0 Å². The van der Waals surface area contributed by atoms with Crippen LogP contribution in [-0.2, 0) is 10.0 Å². The topological polar surface area (TPSA) is 89.3 Å². The van der Waals surface area contributed by atoms with Gasteiger partial charge in [-0.1, -0.05) is 0 Å². The Morgan fingerprint density at radius 2 is 1.76 bits per heavy atom. The lowest BCUT2D eigenvalue weighted by Gasteiger charge is -2.10. The summed E-state index contributed by atoms with van der Waals surface area (Å²) >= 11 is 3.19. The number of Topliss-reactive ketones (excluding diaryl/α,β-unsaturated/α-hetero) is 1. The van der Waals surface area contributed by atoms with Gasteiger partial charge in [0.25, 0.3) is 10.0 Å². The third-order valence-corrected chi connectivity index (χ3v) is 5.16. The molecule has 0 fully saturated rings. The number of nitrogens with one attached hydrogen (secondary N) is 1. The minimum Gasteiger partial charge on any atom is -0.399 e. The fourth-order valence-electron chi connectivity index (χ4n) is 1.71. The predicted octanol–water partition coefficient (Wildman–Crippen LogP) is 3.03. The van der Waals surface area contributed by atoms with Crippen molar-refractivity contribution in [2.45, 2.75) is 11.8 Å². The zero-order chi connectivity index (χ0) is 15.6. The normalized spacial score (nSPS) is 11.1. The number of anilines is 2. The number of ketones is 1. The molecule has 2 aromatic carbocycles. The van der Waals surface area contributed by atoms with Gasteiger partial charge in [0.2, 0.25) is 0 Å². The summed E-state index contributed by atoms with van der Waals surface area (Å²) in [5, 5.41) is 0. The number of carbonyl (C=O) groups excluding carboxylic acids is 1. The Hall–Kier alpha value is -1.86. The Labute approximate surface area is 131 Å². The van der Waals surface area contributed by atoms with Gasteiger partial charge < -0.3 is 5.73 Å². The Kier molecular flexibility index (Phi) is 4.34. The minimum atomic E-state index is -3.76. The summed E-state index contributed by atoms with van der Waals surface area (Å²) in [4.78, 5) is 11.2. The van der Waals surface area contributed by atoms with Crippen molar-refractivity contribution < 1.29 is 13.2 Å². The standard InChI is InChI=1S/C14H13BrN2O3S/c1-9(18)10-2-5-12(6-3-10)17-21(19,20)14-8-11(16)4-7-13(14)15/h2-8,17H,16H2,1H3. The largest absolute Gasteiger partial charge is 0.399 e. The van der Waals surface area contributed by atoms with Crippen LogP contribution in [0.4, 0.5) is 11.4 Å². The molecule has 0 aliphatic carbocycles. The van der Waals surface area contributed by atoms with Crippen molar-refractivity contribution in [3.05, 3.63) is 52.5 Å². The second kappa shape index (κ2) is 5.87. The van der Waals surface area contributed by atoms with Crippen molar-refractivity contribution in [2.24, 2.45) is 0 Å². The van der Waals surface area contributed by atoms with Crippen LogP contribution in [0.15, 0.2) is 51.8 Å². The number of hydrogen-bond acceptors (Lipinski definition) is 4. The van der Waals surface area contributed by atoms with E-state index < -0.39 is 10.0 Å². The maximum atomic E-state index is 12.3. The van der Waals surface area contributed by atoms with Gasteiger partial charge in [-0.15, -0.1) is 0 Å². The average Bonchev–Trinajstić information content (AvgIpc) is 2.41. The predicted molar refractivity (Wildman–Crippen MR) is 85.8 cm³/mol. The molecule has 0 heterocycles. The van der Waals surface area contributed by atoms with Gasteiger partial charge >= 0.3 is 0 Å². The lowest BCUT2D eigenvalue weighted by molar-refractivity contribution is 0.101. The van der Waals surface area contributed by atoms with E-state index in [4.69, 9.17) is 5.73 Å². The molecule has 0 saturated heterocycles. The van der Waals surface area contributed by atoms with Crippen molar-refractivity contribution in [3.8, 4) is 0 Å². The fraction of sp³-hybridized carbons (Fsp3) is 0.0714. The Morgan fingerprint density at radius 3 is 2.33 bits per heavy atom. The molecule has 0 bridgehead atoms. The summed E-state index contributed by atoms with van der Waals surface area (Å²) in [5.41, 5.74) is 6.86. The number of hydrogen-bond donors (Lipinski definition) is 2. The highest BCUT2D eigenvalue weighted by Gasteiger charge is 2.18. The first-order valence-corrected chi connectivity index (χ1v) is 8.26. The number of halogens is 1. The number of nitrogens with two attached hydrogens (primary N) is 1. The summed E-state index contributed by atoms with van der Waals surface area (Å²) in [6.07, 6.45) is 0. The molecular formula is C14H13BrN2O3S. The summed E-state index contributed by atoms with van der Waals surface area (Å²) in [7, 11) is -3.76. The molecule has 2 aromatic rings. The molecule has 0 aliphatic rings. The highest BCUT2D eigenvalue weighted by Crippen LogP contribution is 2.26. The number of sulfonamides is 1. The number of nitrogen functional groups attached to an aromatic ring is 1. The SMILES string of the molecule is CC(=O)c1ccc(NS(=O)(=O)c2cc(N)ccc2Br)cc1. The molecule has 0 saturated carbocycles. The molecule has 110 valence electrons. The van der Waals surface area contributed by atoms with Gasteiger partial charge in [-0.25, -0.2) is 8.42 Å². The molecule has 21 heavy (non-hydrogen) atoms. The quantitative estimate of drug-likeness (QED) is 0.640. The van der Waals surface area contributed by atoms with E-state index in [1.807, 2.05) is 0 Å². The minimum absolute atomic E-state index is 0.0538. The first kappa shape index (κ1) is 15.5. The van der Waals surface area contributed by atoms with Crippen LogP contribution in [0.5, 0.6) is 0 Å². The van der Waals surface area contributed by atoms with Crippen LogP contribution in [-0.4, -0.2) is 14.2 Å². The van der Waals surface area contributed by atoms with Crippen molar-refractivity contribution in [1.29, 1.82) is 0 Å². The van der Waals surface area contributed by atoms with E-state index in [9.17, 15) is 13.2 Å². The van der Waals surface area contributed by atoms with Crippen molar-refractivity contribution in [2.75, 3.05) is 10.5 Å². The molecule has 7 heteroatoms. The van der Waals surface area contributed by atoms with Crippen LogP contribution in [0.1, 0.15) is 17.3 Å². The Morgan fingerprint density at radius 1 is 1.14 bits per heavy atom. The smallest absolute Gasteiger partial charge is 0.263 e. The second-order valence-electron chi connectivity index (χ2n) is 4.43. The van der Waals surface area contributed by atoms with Gasteiger partial charge in [0.1, 0.15) is 4.90 Å². The first-order valence-electron chi connectivity index (χ1n) is 5.98. The van der Waals surface area contributed by atoms with E-state index in [0.29, 0.717) is 21.4 Å². The first-order chi connectivity index (χ1) is 9.79. The van der Waals surface area contributed by atoms with E-state index in [1.54, 1.807) is 24.3 Å². The van der Waals surface area contributed by atoms with Crippen LogP contribution in [0.25, 0.3) is 0 Å². The molecule has 0 aromatic heterocycles. The molecule has 5 nitrogen and oxygen atoms in total. The van der Waals surface area contributed by atoms with E-state index in [1.165, 1.54) is 25.1 Å². The number of carbonyl (C=O) groups is 1. The average molecular weight is 369 g/mol. The van der Waals surface area contributed by atoms with E-state index in [2.05, 4.69) is 20.7 Å². The van der Waals surface area contributed by atoms with Crippen LogP contribution in [0, 0.1) is 0 Å². The number of rotatable bonds is 4. The van der Waals surface area contributed by atoms with Crippen LogP contribution in [0.3, 0.4) is 0 Å². The lowest BCUT2D eigenvalue weighted by atomic mass is 10.1. The van der Waals surface area contributed by atoms with Crippen molar-refractivity contribution in [1.82, 2.24) is 0 Å². The van der Waals surface area contributed by atoms with Gasteiger partial charge in [0.05, 0.1) is 0 Å². The Balaban J connectivity index is 2.33. The van der Waals surface area contributed by atoms with Crippen LogP contribution < -0.4 is 10.5 Å². The maximum Gasteiger partial charge on any atom is 0.263 e. The maximum absolute atomic E-state index is 12.3. The molecule has 0 radical (unpaired) electrons. The van der Waals surface area contributed by atoms with Crippen LogP contribution >= 0.6 is 15.9 Å². The van der Waals surface area contributed by atoms with Crippen molar-refractivity contribution in [3.63, 3.8) is 0 Å². The van der Waals surface area contributed by atoms with Crippen molar-refractivity contribution >= 4 is 43.1 Å². The second-order valence-corrected chi connectivity index (χ2v) is 6.93. The molecule has 0 spiro atoms. The summed E-state index contributed by atoms with van der Waals surface area (Å²) in [6, 6.07) is 10.7. The third-order valence-electron chi connectivity index (χ3n) is 2.79. The lowest BCUT2D eigenvalue weighted by Crippen LogP contribution is -2.14. The highest BCUT2D eigenvalue weighted by molar-refractivity contribution is 9.10. The molecule has 0 aliphatic heterocycles. The van der Waals surface area contributed by atoms with Gasteiger partial charge in [0, 0.05) is 21.4 Å². The zero-order valence-electron chi connectivity index (χ0n) is 11.1. The van der Waals surface area contributed by atoms with E-state index >= 15 is 0 Å². The van der Waals surface area contributed by atoms with E-state index in [-0.39, 0.29) is 10.7 Å². The number of benzene rings is 2. The van der Waals surface area contributed by atoms with Gasteiger partial charge in [-0.05, 0) is 65.3 Å². The van der Waals surface area contributed by atoms with Crippen LogP contribution in [0.2, 0.25) is 0 Å². The molecule has 0 atom stereocenters.